The predicted molar refractivity (Wildman–Crippen MR) is 101 cm³/mol. The largest absolute Gasteiger partial charge is 0.348 e. The molecule has 0 unspecified atom stereocenters. The molecule has 1 N–H and O–H groups in total. The van der Waals surface area contributed by atoms with Crippen LogP contribution in [0.15, 0.2) is 27.9 Å². The number of amides is 1. The maximum atomic E-state index is 12.8. The van der Waals surface area contributed by atoms with E-state index in [4.69, 9.17) is 0 Å². The van der Waals surface area contributed by atoms with Gasteiger partial charge in [0.1, 0.15) is 4.21 Å². The van der Waals surface area contributed by atoms with Gasteiger partial charge in [-0.1, -0.05) is 24.1 Å². The molecule has 1 amide bonds. The van der Waals surface area contributed by atoms with E-state index >= 15 is 0 Å². The van der Waals surface area contributed by atoms with Crippen LogP contribution in [-0.2, 0) is 16.6 Å². The van der Waals surface area contributed by atoms with E-state index in [0.29, 0.717) is 17.3 Å². The highest BCUT2D eigenvalue weighted by atomic mass is 32.2. The fourth-order valence-corrected chi connectivity index (χ4v) is 6.68. The first-order valence-corrected chi connectivity index (χ1v) is 11.6. The Labute approximate surface area is 162 Å². The quantitative estimate of drug-likeness (QED) is 0.785. The summed E-state index contributed by atoms with van der Waals surface area (Å²) in [4.78, 5) is 12.3. The number of hydrogen-bond acceptors (Lipinski definition) is 6. The van der Waals surface area contributed by atoms with Crippen LogP contribution < -0.4 is 5.32 Å². The molecule has 2 aliphatic rings. The summed E-state index contributed by atoms with van der Waals surface area (Å²) in [6.45, 7) is 0.906. The van der Waals surface area contributed by atoms with E-state index in [-0.39, 0.29) is 23.7 Å². The van der Waals surface area contributed by atoms with Gasteiger partial charge in [0.05, 0.1) is 12.7 Å². The number of carbonyl (C=O) groups excluding carboxylic acids is 1. The molecule has 1 saturated heterocycles. The molecule has 0 spiro atoms. The molecule has 2 aromatic rings. The lowest BCUT2D eigenvalue weighted by atomic mass is 10.2. The summed E-state index contributed by atoms with van der Waals surface area (Å²) in [5.41, 5.74) is 0.285. The van der Waals surface area contributed by atoms with Crippen LogP contribution in [0.2, 0.25) is 0 Å². The van der Waals surface area contributed by atoms with Gasteiger partial charge >= 0.3 is 0 Å². The minimum atomic E-state index is -3.48. The maximum Gasteiger partial charge on any atom is 0.273 e. The van der Waals surface area contributed by atoms with Crippen LogP contribution in [0.25, 0.3) is 0 Å². The van der Waals surface area contributed by atoms with Crippen LogP contribution in [0.5, 0.6) is 0 Å². The van der Waals surface area contributed by atoms with E-state index in [2.05, 4.69) is 15.6 Å². The molecule has 1 aliphatic carbocycles. The number of carbonyl (C=O) groups is 1. The van der Waals surface area contributed by atoms with Gasteiger partial charge in [0.25, 0.3) is 15.9 Å². The molecule has 0 aromatic carbocycles. The number of aromatic nitrogens is 3. The van der Waals surface area contributed by atoms with Gasteiger partial charge in [-0.25, -0.2) is 8.42 Å². The zero-order valence-corrected chi connectivity index (χ0v) is 16.6. The Morgan fingerprint density at radius 3 is 2.81 bits per heavy atom. The summed E-state index contributed by atoms with van der Waals surface area (Å²) < 4.78 is 29.2. The monoisotopic (exact) mass is 409 g/mol. The second-order valence-corrected chi connectivity index (χ2v) is 10.2. The topological polar surface area (TPSA) is 97.2 Å². The summed E-state index contributed by atoms with van der Waals surface area (Å²) >= 11 is 1.23. The van der Waals surface area contributed by atoms with Crippen LogP contribution in [0.1, 0.15) is 49.0 Å². The number of rotatable bonds is 6. The number of nitrogens with one attached hydrogen (secondary N) is 1. The average Bonchev–Trinajstić information content (AvgIpc) is 3.43. The van der Waals surface area contributed by atoms with Gasteiger partial charge in [-0.2, -0.15) is 4.31 Å². The zero-order valence-electron chi connectivity index (χ0n) is 15.0. The molecule has 146 valence electrons. The van der Waals surface area contributed by atoms with Crippen LogP contribution in [0, 0.1) is 0 Å². The van der Waals surface area contributed by atoms with Crippen molar-refractivity contribution in [3.05, 3.63) is 29.4 Å². The Morgan fingerprint density at radius 1 is 1.26 bits per heavy atom. The molecule has 1 aliphatic heterocycles. The van der Waals surface area contributed by atoms with Gasteiger partial charge in [-0.05, 0) is 37.1 Å². The van der Waals surface area contributed by atoms with Gasteiger partial charge in [0, 0.05) is 18.6 Å². The minimum absolute atomic E-state index is 0.176. The van der Waals surface area contributed by atoms with Crippen LogP contribution >= 0.6 is 11.3 Å². The first-order valence-electron chi connectivity index (χ1n) is 9.30. The third-order valence-corrected chi connectivity index (χ3v) is 8.57. The van der Waals surface area contributed by atoms with Crippen LogP contribution in [0.3, 0.4) is 0 Å². The number of thiophene rings is 1. The van der Waals surface area contributed by atoms with E-state index in [1.807, 2.05) is 0 Å². The van der Waals surface area contributed by atoms with Crippen molar-refractivity contribution >= 4 is 27.3 Å². The predicted octanol–water partition coefficient (Wildman–Crippen LogP) is 1.87. The Kier molecular flexibility index (Phi) is 5.29. The lowest BCUT2D eigenvalue weighted by Gasteiger charge is -2.23. The van der Waals surface area contributed by atoms with Gasteiger partial charge in [-0.3, -0.25) is 9.48 Å². The van der Waals surface area contributed by atoms with E-state index in [9.17, 15) is 13.2 Å². The molecule has 0 bridgehead atoms. The minimum Gasteiger partial charge on any atom is -0.348 e. The van der Waals surface area contributed by atoms with Crippen LogP contribution in [-0.4, -0.2) is 52.3 Å². The Hall–Kier alpha value is -1.78. The molecule has 3 heterocycles. The Balaban J connectivity index is 1.43. The maximum absolute atomic E-state index is 12.8. The lowest BCUT2D eigenvalue weighted by Crippen LogP contribution is -2.37. The standard InChI is InChI=1S/C17H23N5O3S2/c23-17(18-13-5-1-2-6-13)15-12-21(20-19-15)11-14-7-3-9-22(14)27(24,25)16-8-4-10-26-16/h4,8,10,12-14H,1-3,5-7,9,11H2,(H,18,23)/t14-/m0/s1. The zero-order chi connectivity index (χ0) is 18.9. The van der Waals surface area contributed by atoms with Crippen molar-refractivity contribution in [3.8, 4) is 0 Å². The number of hydrogen-bond donors (Lipinski definition) is 1. The molecule has 2 aromatic heterocycles. The van der Waals surface area contributed by atoms with Crippen molar-refractivity contribution in [1.82, 2.24) is 24.6 Å². The van der Waals surface area contributed by atoms with Crippen LogP contribution in [0.4, 0.5) is 0 Å². The molecule has 1 atom stereocenters. The van der Waals surface area contributed by atoms with Gasteiger partial charge in [0.2, 0.25) is 0 Å². The van der Waals surface area contributed by atoms with E-state index in [1.165, 1.54) is 11.3 Å². The van der Waals surface area contributed by atoms with Gasteiger partial charge in [-0.15, -0.1) is 16.4 Å². The second kappa shape index (κ2) is 7.69. The lowest BCUT2D eigenvalue weighted by molar-refractivity contribution is 0.0932. The normalized spacial score (nSPS) is 21.7. The SMILES string of the molecule is O=C(NC1CCCC1)c1cn(C[C@@H]2CCCN2S(=O)(=O)c2cccs2)nn1. The summed E-state index contributed by atoms with van der Waals surface area (Å²) in [6, 6.07) is 3.43. The molecular weight excluding hydrogens is 386 g/mol. The molecule has 0 radical (unpaired) electrons. The molecule has 1 saturated carbocycles. The van der Waals surface area contributed by atoms with E-state index in [1.54, 1.807) is 32.7 Å². The highest BCUT2D eigenvalue weighted by molar-refractivity contribution is 7.91. The summed E-state index contributed by atoms with van der Waals surface area (Å²) in [6.07, 6.45) is 7.52. The van der Waals surface area contributed by atoms with Crippen molar-refractivity contribution in [1.29, 1.82) is 0 Å². The number of nitrogens with zero attached hydrogens (tertiary/aromatic N) is 4. The first kappa shape index (κ1) is 18.6. The van der Waals surface area contributed by atoms with Crippen molar-refractivity contribution in [2.75, 3.05) is 6.54 Å². The second-order valence-electron chi connectivity index (χ2n) is 7.12. The van der Waals surface area contributed by atoms with Crippen molar-refractivity contribution < 1.29 is 13.2 Å². The number of sulfonamides is 1. The van der Waals surface area contributed by atoms with E-state index < -0.39 is 10.0 Å². The fraction of sp³-hybridized carbons (Fsp3) is 0.588. The highest BCUT2D eigenvalue weighted by Gasteiger charge is 2.36. The summed E-state index contributed by atoms with van der Waals surface area (Å²) in [5, 5.41) is 12.8. The van der Waals surface area contributed by atoms with Crippen molar-refractivity contribution in [3.63, 3.8) is 0 Å². The molecular formula is C17H23N5O3S2. The first-order chi connectivity index (χ1) is 13.0. The van der Waals surface area contributed by atoms with Crippen molar-refractivity contribution in [2.24, 2.45) is 0 Å². The highest BCUT2D eigenvalue weighted by Crippen LogP contribution is 2.29. The fourth-order valence-electron chi connectivity index (χ4n) is 3.87. The van der Waals surface area contributed by atoms with E-state index in [0.717, 1.165) is 38.5 Å². The third kappa shape index (κ3) is 3.92. The molecule has 10 heteroatoms. The molecule has 8 nitrogen and oxygen atoms in total. The smallest absolute Gasteiger partial charge is 0.273 e. The summed E-state index contributed by atoms with van der Waals surface area (Å²) in [7, 11) is -3.48. The molecule has 2 fully saturated rings. The van der Waals surface area contributed by atoms with Gasteiger partial charge < -0.3 is 5.32 Å². The van der Waals surface area contributed by atoms with Gasteiger partial charge in [0.15, 0.2) is 5.69 Å². The molecule has 27 heavy (non-hydrogen) atoms. The molecule has 4 rings (SSSR count). The summed E-state index contributed by atoms with van der Waals surface area (Å²) in [5.74, 6) is -0.206. The third-order valence-electron chi connectivity index (χ3n) is 5.24. The van der Waals surface area contributed by atoms with Crippen molar-refractivity contribution in [2.45, 2.75) is 61.4 Å². The average molecular weight is 410 g/mol. The Bertz CT molecular complexity index is 888. The Morgan fingerprint density at radius 2 is 2.07 bits per heavy atom.